The lowest BCUT2D eigenvalue weighted by Gasteiger charge is -2.25. The van der Waals surface area contributed by atoms with E-state index in [0.29, 0.717) is 5.41 Å². The molecule has 1 aliphatic rings. The molecule has 0 saturated carbocycles. The summed E-state index contributed by atoms with van der Waals surface area (Å²) in [6.45, 7) is 12.3. The van der Waals surface area contributed by atoms with Crippen molar-refractivity contribution in [3.8, 4) is 0 Å². The lowest BCUT2D eigenvalue weighted by atomic mass is 9.80. The largest absolute Gasteiger partial charge is 0.242 e. The van der Waals surface area contributed by atoms with Crippen LogP contribution >= 0.6 is 23.3 Å². The van der Waals surface area contributed by atoms with Crippen LogP contribution in [0.15, 0.2) is 21.7 Å². The van der Waals surface area contributed by atoms with Gasteiger partial charge in [-0.05, 0) is 54.5 Å². The summed E-state index contributed by atoms with van der Waals surface area (Å²) in [6.07, 6.45) is 5.30. The smallest absolute Gasteiger partial charge is 0.0753 e. The molecule has 0 aliphatic carbocycles. The first-order valence-corrected chi connectivity index (χ1v) is 9.36. The quantitative estimate of drug-likeness (QED) is 0.607. The first-order valence-electron chi connectivity index (χ1n) is 7.71. The topological polar surface area (TPSA) is 3.24 Å². The van der Waals surface area contributed by atoms with Crippen LogP contribution in [0.5, 0.6) is 0 Å². The van der Waals surface area contributed by atoms with Crippen molar-refractivity contribution in [1.29, 1.82) is 0 Å². The number of hydrogen-bond acceptors (Lipinski definition) is 3. The Hall–Kier alpha value is 0.01000. The summed E-state index contributed by atoms with van der Waals surface area (Å²) in [5, 5.41) is 2.17. The Bertz CT molecular complexity index is 331. The monoisotopic (exact) mass is 299 g/mol. The number of nitrogens with zero attached hydrogens (tertiary/aromatic N) is 1. The second-order valence-electron chi connectivity index (χ2n) is 5.07. The van der Waals surface area contributed by atoms with E-state index in [1.807, 2.05) is 37.1 Å². The maximum absolute atomic E-state index is 2.64. The number of hydrogen-bond donors (Lipinski definition) is 0. The normalized spacial score (nSPS) is 22.1. The van der Waals surface area contributed by atoms with E-state index in [1.54, 1.807) is 0 Å². The van der Waals surface area contributed by atoms with Gasteiger partial charge in [-0.1, -0.05) is 40.7 Å². The molecule has 0 radical (unpaired) electrons. The molecule has 0 aromatic carbocycles. The van der Waals surface area contributed by atoms with Gasteiger partial charge in [-0.15, -0.1) is 11.3 Å². The van der Waals surface area contributed by atoms with E-state index in [1.165, 1.54) is 36.4 Å². The van der Waals surface area contributed by atoms with Gasteiger partial charge in [0.25, 0.3) is 0 Å². The average molecular weight is 300 g/mol. The molecule has 19 heavy (non-hydrogen) atoms. The van der Waals surface area contributed by atoms with E-state index in [2.05, 4.69) is 42.6 Å². The molecule has 1 nitrogen and oxygen atoms in total. The van der Waals surface area contributed by atoms with Crippen LogP contribution in [0.25, 0.3) is 0 Å². The van der Waals surface area contributed by atoms with Gasteiger partial charge in [0.1, 0.15) is 0 Å². The molecule has 0 N–H and O–H groups in total. The van der Waals surface area contributed by atoms with Gasteiger partial charge >= 0.3 is 0 Å². The maximum atomic E-state index is 2.64. The first-order chi connectivity index (χ1) is 9.23. The van der Waals surface area contributed by atoms with Gasteiger partial charge in [0.2, 0.25) is 0 Å². The highest BCUT2D eigenvalue weighted by atomic mass is 32.2. The van der Waals surface area contributed by atoms with Crippen LogP contribution in [-0.2, 0) is 0 Å². The molecule has 1 fully saturated rings. The summed E-state index contributed by atoms with van der Waals surface area (Å²) < 4.78 is 4.07. The molecule has 3 heteroatoms. The summed E-state index contributed by atoms with van der Waals surface area (Å²) in [5.74, 6) is 0. The summed E-state index contributed by atoms with van der Waals surface area (Å²) in [7, 11) is 0. The van der Waals surface area contributed by atoms with Crippen molar-refractivity contribution < 1.29 is 0 Å². The highest BCUT2D eigenvalue weighted by Gasteiger charge is 2.41. The van der Waals surface area contributed by atoms with Crippen LogP contribution in [0.2, 0.25) is 0 Å². The van der Waals surface area contributed by atoms with Gasteiger partial charge < -0.3 is 0 Å². The number of rotatable bonds is 5. The van der Waals surface area contributed by atoms with E-state index in [9.17, 15) is 0 Å². The fraction of sp³-hybridized carbons (Fsp3) is 0.750. The molecular formula is C16H29NS2. The fourth-order valence-corrected chi connectivity index (χ4v) is 4.93. The predicted octanol–water partition coefficient (Wildman–Crippen LogP) is 6.07. The standard InChI is InChI=1S/C14H23NS2.C2H6/c1-4-12-10-14(5-2,6-3)11-15(12)17-13-8-7-9-16-13;1-2/h7-9,12H,4-6,10-11H2,1-3H3;1-2H3/t12-;/m1./s1. The third-order valence-electron chi connectivity index (χ3n) is 4.24. The molecule has 1 aliphatic heterocycles. The van der Waals surface area contributed by atoms with Crippen LogP contribution < -0.4 is 0 Å². The summed E-state index contributed by atoms with van der Waals surface area (Å²) in [4.78, 5) is 0. The van der Waals surface area contributed by atoms with Crippen molar-refractivity contribution in [1.82, 2.24) is 4.31 Å². The van der Waals surface area contributed by atoms with Crippen molar-refractivity contribution in [3.63, 3.8) is 0 Å². The maximum Gasteiger partial charge on any atom is 0.0753 e. The van der Waals surface area contributed by atoms with E-state index in [0.717, 1.165) is 6.04 Å². The Labute approximate surface area is 127 Å². The zero-order valence-corrected chi connectivity index (χ0v) is 14.7. The van der Waals surface area contributed by atoms with Gasteiger partial charge in [0.15, 0.2) is 0 Å². The summed E-state index contributed by atoms with van der Waals surface area (Å²) in [6, 6.07) is 5.15. The Morgan fingerprint density at radius 3 is 2.47 bits per heavy atom. The van der Waals surface area contributed by atoms with Gasteiger partial charge in [-0.25, -0.2) is 4.31 Å². The van der Waals surface area contributed by atoms with Gasteiger partial charge in [-0.3, -0.25) is 0 Å². The van der Waals surface area contributed by atoms with E-state index >= 15 is 0 Å². The second-order valence-corrected chi connectivity index (χ2v) is 7.37. The molecule has 1 aromatic rings. The molecule has 2 rings (SSSR count). The van der Waals surface area contributed by atoms with Gasteiger partial charge in [0.05, 0.1) is 4.21 Å². The average Bonchev–Trinajstić information content (AvgIpc) is 3.09. The number of thiophene rings is 1. The zero-order chi connectivity index (χ0) is 14.3. The molecular weight excluding hydrogens is 270 g/mol. The molecule has 110 valence electrons. The Morgan fingerprint density at radius 2 is 2.00 bits per heavy atom. The molecule has 1 saturated heterocycles. The third-order valence-corrected chi connectivity index (χ3v) is 6.39. The van der Waals surface area contributed by atoms with Crippen LogP contribution in [0.4, 0.5) is 0 Å². The third kappa shape index (κ3) is 4.24. The van der Waals surface area contributed by atoms with Crippen molar-refractivity contribution in [2.75, 3.05) is 6.54 Å². The van der Waals surface area contributed by atoms with Crippen molar-refractivity contribution >= 4 is 23.3 Å². The summed E-state index contributed by atoms with van der Waals surface area (Å²) >= 11 is 3.83. The second kappa shape index (κ2) is 8.33. The minimum Gasteiger partial charge on any atom is -0.242 e. The van der Waals surface area contributed by atoms with Crippen LogP contribution in [0, 0.1) is 5.41 Å². The molecule has 0 spiro atoms. The molecule has 0 bridgehead atoms. The van der Waals surface area contributed by atoms with Crippen molar-refractivity contribution in [2.24, 2.45) is 5.41 Å². The van der Waals surface area contributed by atoms with Crippen molar-refractivity contribution in [3.05, 3.63) is 17.5 Å². The van der Waals surface area contributed by atoms with E-state index in [-0.39, 0.29) is 0 Å². The van der Waals surface area contributed by atoms with Gasteiger partial charge in [-0.2, -0.15) is 0 Å². The summed E-state index contributed by atoms with van der Waals surface area (Å²) in [5.41, 5.74) is 0.574. The fourth-order valence-electron chi connectivity index (χ4n) is 2.77. The molecule has 1 atom stereocenters. The molecule has 2 heterocycles. The van der Waals surface area contributed by atoms with E-state index in [4.69, 9.17) is 0 Å². The Kier molecular flexibility index (Phi) is 7.48. The molecule has 0 unspecified atom stereocenters. The van der Waals surface area contributed by atoms with Crippen LogP contribution in [0.3, 0.4) is 0 Å². The highest BCUT2D eigenvalue weighted by molar-refractivity contribution is 7.98. The Balaban J connectivity index is 0.000000861. The molecule has 1 aromatic heterocycles. The highest BCUT2D eigenvalue weighted by Crippen LogP contribution is 2.46. The van der Waals surface area contributed by atoms with Crippen LogP contribution in [0.1, 0.15) is 60.3 Å². The van der Waals surface area contributed by atoms with Crippen molar-refractivity contribution in [2.45, 2.75) is 70.6 Å². The van der Waals surface area contributed by atoms with Gasteiger partial charge in [0, 0.05) is 12.6 Å². The van der Waals surface area contributed by atoms with E-state index < -0.39 is 0 Å². The molecule has 0 amide bonds. The van der Waals surface area contributed by atoms with Crippen LogP contribution in [-0.4, -0.2) is 16.9 Å². The zero-order valence-electron chi connectivity index (χ0n) is 13.1. The lowest BCUT2D eigenvalue weighted by molar-refractivity contribution is 0.283. The SMILES string of the molecule is CC.CC[C@@H]1CC(CC)(CC)CN1Sc1cccs1. The Morgan fingerprint density at radius 1 is 1.32 bits per heavy atom. The minimum absolute atomic E-state index is 0.574. The minimum atomic E-state index is 0.574. The first kappa shape index (κ1) is 17.1. The lowest BCUT2D eigenvalue weighted by Crippen LogP contribution is -2.23. The predicted molar refractivity (Wildman–Crippen MR) is 89.9 cm³/mol.